The molecule has 4 aromatic heterocycles. The van der Waals surface area contributed by atoms with E-state index in [9.17, 15) is 4.79 Å². The Morgan fingerprint density at radius 3 is 2.81 bits per heavy atom. The number of nitrogens with zero attached hydrogens (tertiary/aromatic N) is 7. The molecule has 1 aromatic carbocycles. The summed E-state index contributed by atoms with van der Waals surface area (Å²) in [6.45, 7) is 0.997. The second-order valence-electron chi connectivity index (χ2n) is 8.55. The summed E-state index contributed by atoms with van der Waals surface area (Å²) in [5, 5.41) is 10.3. The molecule has 0 atom stereocenters. The molecular weight excluding hydrogens is 478 g/mol. The fourth-order valence-electron chi connectivity index (χ4n) is 4.36. The van der Waals surface area contributed by atoms with Crippen LogP contribution >= 0.6 is 11.8 Å². The molecule has 6 rings (SSSR count). The first-order chi connectivity index (χ1) is 17.5. The van der Waals surface area contributed by atoms with Gasteiger partial charge in [-0.3, -0.25) is 14.2 Å². The van der Waals surface area contributed by atoms with Crippen LogP contribution in [0.15, 0.2) is 65.2 Å². The summed E-state index contributed by atoms with van der Waals surface area (Å²) in [4.78, 5) is 19.7. The average molecular weight is 503 g/mol. The van der Waals surface area contributed by atoms with Crippen LogP contribution in [-0.4, -0.2) is 57.0 Å². The van der Waals surface area contributed by atoms with Gasteiger partial charge in [-0.1, -0.05) is 0 Å². The van der Waals surface area contributed by atoms with Crippen molar-refractivity contribution in [1.82, 2.24) is 24.3 Å². The van der Waals surface area contributed by atoms with Crippen LogP contribution in [-0.2, 0) is 23.6 Å². The first kappa shape index (κ1) is 22.5. The Morgan fingerprint density at radius 1 is 1.14 bits per heavy atom. The molecule has 0 spiro atoms. The van der Waals surface area contributed by atoms with Crippen molar-refractivity contribution in [2.24, 2.45) is 14.1 Å². The molecule has 1 amide bonds. The normalized spacial score (nSPS) is 14.2. The van der Waals surface area contributed by atoms with Gasteiger partial charge in [0.05, 0.1) is 44.2 Å². The number of fused-ring (bicyclic) bond motifs is 2. The maximum atomic E-state index is 12.4. The fraction of sp³-hybridized carbons (Fsp3) is 0.240. The Kier molecular flexibility index (Phi) is 5.57. The van der Waals surface area contributed by atoms with Gasteiger partial charge in [-0.15, -0.1) is 14.9 Å². The van der Waals surface area contributed by atoms with E-state index in [1.54, 1.807) is 18.2 Å². The van der Waals surface area contributed by atoms with Crippen LogP contribution < -0.4 is 14.3 Å². The minimum Gasteiger partial charge on any atom is -0.494 e. The highest BCUT2D eigenvalue weighted by Gasteiger charge is 2.25. The summed E-state index contributed by atoms with van der Waals surface area (Å²) in [7, 11) is 5.62. The molecule has 1 aliphatic heterocycles. The van der Waals surface area contributed by atoms with Gasteiger partial charge in [-0.2, -0.15) is 4.68 Å². The number of amides is 1. The standard InChI is InChI=1S/C25H24N7O3S/c1-29-12-17(13-30(29)2)16-4-7-22-27-28-25(32(22)14-16)36-18-5-6-20-19(10-18)24(34-3)21(11-26-20)31-8-9-35-15-23(31)33/h4-7,10-14H,8-9,15H2,1-3H3/q+1. The Labute approximate surface area is 211 Å². The second-order valence-corrected chi connectivity index (χ2v) is 9.59. The van der Waals surface area contributed by atoms with Gasteiger partial charge in [0, 0.05) is 28.6 Å². The van der Waals surface area contributed by atoms with E-state index >= 15 is 0 Å². The molecule has 0 bridgehead atoms. The van der Waals surface area contributed by atoms with E-state index in [1.165, 1.54) is 11.8 Å². The third-order valence-corrected chi connectivity index (χ3v) is 7.27. The number of anilines is 1. The third kappa shape index (κ3) is 3.86. The number of carbonyl (C=O) groups excluding carboxylic acids is 1. The number of methoxy groups -OCH3 is 1. The smallest absolute Gasteiger partial charge is 0.253 e. The van der Waals surface area contributed by atoms with Crippen LogP contribution in [0.25, 0.3) is 27.7 Å². The van der Waals surface area contributed by atoms with Gasteiger partial charge in [0.25, 0.3) is 5.91 Å². The molecule has 11 heteroatoms. The number of hydrogen-bond donors (Lipinski definition) is 0. The van der Waals surface area contributed by atoms with Crippen molar-refractivity contribution >= 4 is 39.9 Å². The number of pyridine rings is 2. The molecule has 182 valence electrons. The van der Waals surface area contributed by atoms with Gasteiger partial charge in [-0.25, -0.2) is 0 Å². The molecule has 1 aliphatic rings. The summed E-state index contributed by atoms with van der Waals surface area (Å²) in [5.41, 5.74) is 4.39. The average Bonchev–Trinajstić information content (AvgIpc) is 3.45. The van der Waals surface area contributed by atoms with Gasteiger partial charge in [-0.05, 0) is 42.1 Å². The molecule has 1 saturated heterocycles. The number of benzene rings is 1. The van der Waals surface area contributed by atoms with Crippen molar-refractivity contribution in [1.29, 1.82) is 0 Å². The van der Waals surface area contributed by atoms with E-state index in [0.717, 1.165) is 37.7 Å². The Bertz CT molecular complexity index is 1610. The largest absolute Gasteiger partial charge is 0.494 e. The van der Waals surface area contributed by atoms with Gasteiger partial charge in [0.2, 0.25) is 6.20 Å². The van der Waals surface area contributed by atoms with Crippen LogP contribution in [0.4, 0.5) is 5.69 Å². The number of morpholine rings is 1. The van der Waals surface area contributed by atoms with Crippen LogP contribution in [0.1, 0.15) is 0 Å². The lowest BCUT2D eigenvalue weighted by Gasteiger charge is -2.28. The number of ether oxygens (including phenoxy) is 2. The lowest BCUT2D eigenvalue weighted by atomic mass is 10.1. The predicted molar refractivity (Wildman–Crippen MR) is 134 cm³/mol. The van der Waals surface area contributed by atoms with Gasteiger partial charge in [0.15, 0.2) is 23.6 Å². The quantitative estimate of drug-likeness (QED) is 0.341. The molecule has 36 heavy (non-hydrogen) atoms. The molecule has 0 N–H and O–H groups in total. The summed E-state index contributed by atoms with van der Waals surface area (Å²) < 4.78 is 17.1. The summed E-state index contributed by atoms with van der Waals surface area (Å²) in [5.74, 6) is 0.506. The van der Waals surface area contributed by atoms with Gasteiger partial charge in [0.1, 0.15) is 12.3 Å². The molecule has 10 nitrogen and oxygen atoms in total. The van der Waals surface area contributed by atoms with Crippen molar-refractivity contribution in [3.63, 3.8) is 0 Å². The van der Waals surface area contributed by atoms with E-state index in [4.69, 9.17) is 9.47 Å². The predicted octanol–water partition coefficient (Wildman–Crippen LogP) is 2.63. The highest BCUT2D eigenvalue weighted by Crippen LogP contribution is 2.38. The maximum Gasteiger partial charge on any atom is 0.253 e. The van der Waals surface area contributed by atoms with Crippen molar-refractivity contribution in [3.8, 4) is 16.9 Å². The Hall–Kier alpha value is -3.96. The molecular formula is C25H24N7O3S+. The molecule has 0 saturated carbocycles. The van der Waals surface area contributed by atoms with Crippen LogP contribution in [0.3, 0.4) is 0 Å². The van der Waals surface area contributed by atoms with E-state index in [-0.39, 0.29) is 12.5 Å². The highest BCUT2D eigenvalue weighted by atomic mass is 32.2. The minimum absolute atomic E-state index is 0.0558. The second kappa shape index (κ2) is 8.92. The van der Waals surface area contributed by atoms with Gasteiger partial charge < -0.3 is 14.4 Å². The highest BCUT2D eigenvalue weighted by molar-refractivity contribution is 7.99. The van der Waals surface area contributed by atoms with Crippen molar-refractivity contribution in [3.05, 3.63) is 55.1 Å². The maximum absolute atomic E-state index is 12.4. The zero-order chi connectivity index (χ0) is 24.8. The zero-order valence-electron chi connectivity index (χ0n) is 20.1. The molecule has 5 heterocycles. The lowest BCUT2D eigenvalue weighted by Crippen LogP contribution is -2.41. The van der Waals surface area contributed by atoms with Crippen molar-refractivity contribution < 1.29 is 19.0 Å². The Balaban J connectivity index is 1.38. The van der Waals surface area contributed by atoms with Crippen LogP contribution in [0.2, 0.25) is 0 Å². The molecule has 0 aliphatic carbocycles. The van der Waals surface area contributed by atoms with Crippen molar-refractivity contribution in [2.45, 2.75) is 10.1 Å². The molecule has 0 radical (unpaired) electrons. The summed E-state index contributed by atoms with van der Waals surface area (Å²) >= 11 is 1.51. The molecule has 5 aromatic rings. The summed E-state index contributed by atoms with van der Waals surface area (Å²) in [6.07, 6.45) is 7.90. The number of aryl methyl sites for hydroxylation is 2. The number of hydrogen-bond acceptors (Lipinski definition) is 7. The first-order valence-electron chi connectivity index (χ1n) is 11.4. The lowest BCUT2D eigenvalue weighted by molar-refractivity contribution is -0.751. The SMILES string of the molecule is COc1c(N2CCOCC2=O)cnc2ccc(Sc3nnc4ccc(-c5cn(C)[n+](C)c5)cn34)cc12. The first-order valence-corrected chi connectivity index (χ1v) is 12.2. The van der Waals surface area contributed by atoms with Crippen LogP contribution in [0.5, 0.6) is 5.75 Å². The molecule has 0 unspecified atom stereocenters. The fourth-order valence-corrected chi connectivity index (χ4v) is 5.21. The minimum atomic E-state index is -0.107. The van der Waals surface area contributed by atoms with Crippen molar-refractivity contribution in [2.75, 3.05) is 31.8 Å². The number of aromatic nitrogens is 6. The zero-order valence-corrected chi connectivity index (χ0v) is 20.9. The number of carbonyl (C=O) groups is 1. The monoisotopic (exact) mass is 502 g/mol. The van der Waals surface area contributed by atoms with E-state index < -0.39 is 0 Å². The summed E-state index contributed by atoms with van der Waals surface area (Å²) in [6, 6.07) is 9.99. The topological polar surface area (TPSA) is 90.7 Å². The van der Waals surface area contributed by atoms with Gasteiger partial charge >= 0.3 is 0 Å². The third-order valence-electron chi connectivity index (χ3n) is 6.31. The van der Waals surface area contributed by atoms with E-state index in [2.05, 4.69) is 39.8 Å². The number of rotatable bonds is 5. The van der Waals surface area contributed by atoms with E-state index in [1.807, 2.05) is 52.1 Å². The van der Waals surface area contributed by atoms with Crippen LogP contribution in [0, 0.1) is 0 Å². The molecule has 1 fully saturated rings. The Morgan fingerprint density at radius 2 is 2.03 bits per heavy atom. The van der Waals surface area contributed by atoms with E-state index in [0.29, 0.717) is 24.6 Å².